The number of hydrogen-bond donors (Lipinski definition) is 2. The molecule has 0 fully saturated rings. The molecule has 0 aromatic heterocycles. The first-order chi connectivity index (χ1) is 9.49. The fourth-order valence-electron chi connectivity index (χ4n) is 2.09. The zero-order valence-corrected chi connectivity index (χ0v) is 11.3. The van der Waals surface area contributed by atoms with Gasteiger partial charge in [-0.1, -0.05) is 12.1 Å². The number of rotatable bonds is 4. The summed E-state index contributed by atoms with van der Waals surface area (Å²) in [4.78, 5) is 24.8. The molecular weight excluding hydrogens is 260 g/mol. The predicted molar refractivity (Wildman–Crippen MR) is 73.7 cm³/mol. The van der Waals surface area contributed by atoms with Crippen molar-refractivity contribution in [2.45, 2.75) is 31.9 Å². The summed E-state index contributed by atoms with van der Waals surface area (Å²) in [5, 5.41) is 9.10. The molecule has 2 unspecified atom stereocenters. The van der Waals surface area contributed by atoms with Crippen LogP contribution in [0.1, 0.15) is 19.8 Å². The molecule has 108 valence electrons. The van der Waals surface area contributed by atoms with Gasteiger partial charge in [0.15, 0.2) is 0 Å². The highest BCUT2D eigenvalue weighted by Gasteiger charge is 2.33. The average molecular weight is 278 g/mol. The Kier molecular flexibility index (Phi) is 4.24. The van der Waals surface area contributed by atoms with E-state index in [9.17, 15) is 9.59 Å². The zero-order chi connectivity index (χ0) is 14.7. The normalized spacial score (nSPS) is 18.9. The molecule has 6 nitrogen and oxygen atoms in total. The Morgan fingerprint density at radius 3 is 2.85 bits per heavy atom. The Balaban J connectivity index is 2.22. The van der Waals surface area contributed by atoms with Gasteiger partial charge in [-0.3, -0.25) is 4.79 Å². The van der Waals surface area contributed by atoms with Crippen molar-refractivity contribution in [2.75, 3.05) is 11.4 Å². The number of amides is 1. The topological polar surface area (TPSA) is 92.9 Å². The Hall–Kier alpha value is -2.08. The summed E-state index contributed by atoms with van der Waals surface area (Å²) in [6.45, 7) is 1.85. The molecule has 1 heterocycles. The number of nitrogens with zero attached hydrogens (tertiary/aromatic N) is 1. The fourth-order valence-corrected chi connectivity index (χ4v) is 2.09. The molecule has 0 radical (unpaired) electrons. The van der Waals surface area contributed by atoms with E-state index in [1.807, 2.05) is 6.92 Å². The maximum Gasteiger partial charge on any atom is 0.346 e. The number of benzene rings is 1. The molecular formula is C14H18N2O4. The van der Waals surface area contributed by atoms with Crippen molar-refractivity contribution in [1.82, 2.24) is 0 Å². The SMILES string of the molecule is CC(N)CCC(=O)N1CC(C(=O)O)Oc2ccccc21. The van der Waals surface area contributed by atoms with Crippen molar-refractivity contribution in [3.63, 3.8) is 0 Å². The van der Waals surface area contributed by atoms with Crippen LogP contribution in [-0.2, 0) is 9.59 Å². The molecule has 3 N–H and O–H groups in total. The molecule has 0 saturated heterocycles. The van der Waals surface area contributed by atoms with Crippen LogP contribution in [0.2, 0.25) is 0 Å². The lowest BCUT2D eigenvalue weighted by Gasteiger charge is -2.33. The molecule has 0 bridgehead atoms. The van der Waals surface area contributed by atoms with Gasteiger partial charge in [0.1, 0.15) is 5.75 Å². The van der Waals surface area contributed by atoms with Crippen LogP contribution in [0.25, 0.3) is 0 Å². The summed E-state index contributed by atoms with van der Waals surface area (Å²) in [7, 11) is 0. The number of carbonyl (C=O) groups excluding carboxylic acids is 1. The number of carboxylic acids is 1. The van der Waals surface area contributed by atoms with E-state index in [0.29, 0.717) is 24.3 Å². The second kappa shape index (κ2) is 5.92. The average Bonchev–Trinajstić information content (AvgIpc) is 2.43. The maximum absolute atomic E-state index is 12.3. The molecule has 2 atom stereocenters. The van der Waals surface area contributed by atoms with Crippen LogP contribution < -0.4 is 15.4 Å². The number of fused-ring (bicyclic) bond motifs is 1. The summed E-state index contributed by atoms with van der Waals surface area (Å²) in [5.74, 6) is -0.797. The minimum Gasteiger partial charge on any atom is -0.478 e. The zero-order valence-electron chi connectivity index (χ0n) is 11.3. The van der Waals surface area contributed by atoms with Crippen LogP contribution >= 0.6 is 0 Å². The monoisotopic (exact) mass is 278 g/mol. The van der Waals surface area contributed by atoms with Crippen molar-refractivity contribution in [3.05, 3.63) is 24.3 Å². The molecule has 0 aliphatic carbocycles. The van der Waals surface area contributed by atoms with Gasteiger partial charge in [0.05, 0.1) is 12.2 Å². The van der Waals surface area contributed by atoms with Crippen molar-refractivity contribution < 1.29 is 19.4 Å². The molecule has 1 aromatic rings. The highest BCUT2D eigenvalue weighted by molar-refractivity contribution is 5.96. The molecule has 2 rings (SSSR count). The number of carbonyl (C=O) groups is 2. The fraction of sp³-hybridized carbons (Fsp3) is 0.429. The van der Waals surface area contributed by atoms with Gasteiger partial charge in [0.2, 0.25) is 12.0 Å². The third-order valence-corrected chi connectivity index (χ3v) is 3.16. The van der Waals surface area contributed by atoms with Gasteiger partial charge in [-0.2, -0.15) is 0 Å². The highest BCUT2D eigenvalue weighted by Crippen LogP contribution is 2.33. The second-order valence-electron chi connectivity index (χ2n) is 4.93. The first kappa shape index (κ1) is 14.3. The summed E-state index contributed by atoms with van der Waals surface area (Å²) in [5.41, 5.74) is 6.26. The van der Waals surface area contributed by atoms with E-state index in [1.54, 1.807) is 24.3 Å². The number of carboxylic acid groups (broad SMARTS) is 1. The molecule has 1 aromatic carbocycles. The number of aliphatic carboxylic acids is 1. The van der Waals surface area contributed by atoms with Gasteiger partial charge >= 0.3 is 5.97 Å². The molecule has 20 heavy (non-hydrogen) atoms. The van der Waals surface area contributed by atoms with E-state index < -0.39 is 12.1 Å². The lowest BCUT2D eigenvalue weighted by Crippen LogP contribution is -2.47. The van der Waals surface area contributed by atoms with Gasteiger partial charge in [0.25, 0.3) is 0 Å². The van der Waals surface area contributed by atoms with E-state index in [1.165, 1.54) is 4.90 Å². The maximum atomic E-state index is 12.3. The van der Waals surface area contributed by atoms with Crippen LogP contribution in [0.4, 0.5) is 5.69 Å². The van der Waals surface area contributed by atoms with Gasteiger partial charge in [-0.05, 0) is 25.5 Å². The molecule has 1 amide bonds. The third kappa shape index (κ3) is 3.08. The summed E-state index contributed by atoms with van der Waals surface area (Å²) in [6, 6.07) is 6.88. The Morgan fingerprint density at radius 2 is 2.20 bits per heavy atom. The van der Waals surface area contributed by atoms with Crippen LogP contribution in [0.5, 0.6) is 5.75 Å². The van der Waals surface area contributed by atoms with Crippen molar-refractivity contribution in [2.24, 2.45) is 5.73 Å². The van der Waals surface area contributed by atoms with E-state index in [-0.39, 0.29) is 18.5 Å². The van der Waals surface area contributed by atoms with Crippen molar-refractivity contribution in [1.29, 1.82) is 0 Å². The van der Waals surface area contributed by atoms with E-state index >= 15 is 0 Å². The van der Waals surface area contributed by atoms with E-state index in [2.05, 4.69) is 0 Å². The number of anilines is 1. The van der Waals surface area contributed by atoms with Gasteiger partial charge in [-0.15, -0.1) is 0 Å². The van der Waals surface area contributed by atoms with Crippen molar-refractivity contribution >= 4 is 17.6 Å². The first-order valence-electron chi connectivity index (χ1n) is 6.53. The van der Waals surface area contributed by atoms with Gasteiger partial charge in [0, 0.05) is 12.5 Å². The van der Waals surface area contributed by atoms with Gasteiger partial charge < -0.3 is 20.5 Å². The molecule has 0 spiro atoms. The largest absolute Gasteiger partial charge is 0.478 e. The van der Waals surface area contributed by atoms with Crippen LogP contribution in [0.3, 0.4) is 0 Å². The Bertz CT molecular complexity index is 516. The number of para-hydroxylation sites is 2. The summed E-state index contributed by atoms with van der Waals surface area (Å²) < 4.78 is 5.38. The molecule has 1 aliphatic heterocycles. The molecule has 0 saturated carbocycles. The minimum atomic E-state index is -1.08. The lowest BCUT2D eigenvalue weighted by atomic mass is 10.1. The summed E-state index contributed by atoms with van der Waals surface area (Å²) in [6.07, 6.45) is -0.182. The number of hydrogen-bond acceptors (Lipinski definition) is 4. The predicted octanol–water partition coefficient (Wildman–Crippen LogP) is 0.993. The Labute approximate surface area is 117 Å². The molecule has 1 aliphatic rings. The first-order valence-corrected chi connectivity index (χ1v) is 6.53. The Morgan fingerprint density at radius 1 is 1.50 bits per heavy atom. The standard InChI is InChI=1S/C14H18N2O4/c1-9(15)6-7-13(17)16-8-12(14(18)19)20-11-5-3-2-4-10(11)16/h2-5,9,12H,6-8,15H2,1H3,(H,18,19). The quantitative estimate of drug-likeness (QED) is 0.856. The number of nitrogens with two attached hydrogens (primary N) is 1. The van der Waals surface area contributed by atoms with E-state index in [4.69, 9.17) is 15.6 Å². The highest BCUT2D eigenvalue weighted by atomic mass is 16.5. The van der Waals surface area contributed by atoms with E-state index in [0.717, 1.165) is 0 Å². The molecule has 6 heteroatoms. The number of ether oxygens (including phenoxy) is 1. The van der Waals surface area contributed by atoms with Gasteiger partial charge in [-0.25, -0.2) is 4.79 Å². The van der Waals surface area contributed by atoms with Crippen molar-refractivity contribution in [3.8, 4) is 5.75 Å². The second-order valence-corrected chi connectivity index (χ2v) is 4.93. The minimum absolute atomic E-state index is 0.0180. The smallest absolute Gasteiger partial charge is 0.346 e. The van der Waals surface area contributed by atoms with Crippen LogP contribution in [0, 0.1) is 0 Å². The lowest BCUT2D eigenvalue weighted by molar-refractivity contribution is -0.145. The van der Waals surface area contributed by atoms with Crippen LogP contribution in [-0.4, -0.2) is 35.7 Å². The summed E-state index contributed by atoms with van der Waals surface area (Å²) >= 11 is 0. The third-order valence-electron chi connectivity index (χ3n) is 3.16. The van der Waals surface area contributed by atoms with Crippen LogP contribution in [0.15, 0.2) is 24.3 Å².